The number of rotatable bonds is 1. The van der Waals surface area contributed by atoms with Crippen molar-refractivity contribution in [2.45, 2.75) is 19.3 Å². The minimum Gasteiger partial charge on any atom is -0.371 e. The largest absolute Gasteiger partial charge is 0.371 e. The van der Waals surface area contributed by atoms with Gasteiger partial charge in [-0.25, -0.2) is 0 Å². The molecule has 0 unspecified atom stereocenters. The number of benzene rings is 2. The minimum atomic E-state index is 0. The molecule has 21 heavy (non-hydrogen) atoms. The number of anilines is 1. The monoisotopic (exact) mass is 286 g/mol. The van der Waals surface area contributed by atoms with Crippen molar-refractivity contribution in [1.29, 1.82) is 0 Å². The number of hydrogen-bond donors (Lipinski definition) is 0. The molecule has 0 aliphatic carbocycles. The summed E-state index contributed by atoms with van der Waals surface area (Å²) in [6.07, 6.45) is 7.89. The van der Waals surface area contributed by atoms with Gasteiger partial charge in [0.15, 0.2) is 0 Å². The van der Waals surface area contributed by atoms with E-state index in [0.717, 1.165) is 0 Å². The normalized spacial score (nSPS) is 15.1. The van der Waals surface area contributed by atoms with E-state index in [2.05, 4.69) is 46.3 Å². The van der Waals surface area contributed by atoms with E-state index >= 15 is 0 Å². The van der Waals surface area contributed by atoms with Crippen LogP contribution >= 0.6 is 0 Å². The van der Waals surface area contributed by atoms with Crippen LogP contribution in [-0.4, -0.2) is 47.6 Å². The van der Waals surface area contributed by atoms with Gasteiger partial charge in [-0.1, -0.05) is 24.3 Å². The van der Waals surface area contributed by atoms with E-state index < -0.39 is 0 Å². The fourth-order valence-corrected chi connectivity index (χ4v) is 3.32. The Morgan fingerprint density at radius 2 is 1.67 bits per heavy atom. The van der Waals surface area contributed by atoms with Crippen LogP contribution in [0.15, 0.2) is 48.8 Å². The van der Waals surface area contributed by atoms with Gasteiger partial charge in [0.1, 0.15) is 0 Å². The van der Waals surface area contributed by atoms with E-state index in [1.165, 1.54) is 59.6 Å². The van der Waals surface area contributed by atoms with Gasteiger partial charge in [0, 0.05) is 41.9 Å². The molecule has 2 aromatic carbocycles. The summed E-state index contributed by atoms with van der Waals surface area (Å²) in [7, 11) is 0. The molecule has 0 bridgehead atoms. The predicted molar refractivity (Wildman–Crippen MR) is 92.5 cm³/mol. The third-order valence-corrected chi connectivity index (χ3v) is 4.34. The summed E-state index contributed by atoms with van der Waals surface area (Å²) in [4.78, 5) is 6.87. The predicted octanol–water partition coefficient (Wildman–Crippen LogP) is 3.73. The molecule has 3 aromatic rings. The van der Waals surface area contributed by atoms with Crippen LogP contribution in [-0.2, 0) is 0 Å². The zero-order valence-electron chi connectivity index (χ0n) is 11.5. The van der Waals surface area contributed by atoms with Crippen LogP contribution in [0.4, 0.5) is 5.69 Å². The zero-order valence-corrected chi connectivity index (χ0v) is 11.5. The molecular weight excluding hydrogens is 267 g/mol. The number of hydrogen-bond acceptors (Lipinski definition) is 2. The van der Waals surface area contributed by atoms with Crippen molar-refractivity contribution in [3.63, 3.8) is 0 Å². The summed E-state index contributed by atoms with van der Waals surface area (Å²) in [6, 6.07) is 13.1. The second-order valence-electron chi connectivity index (χ2n) is 5.59. The van der Waals surface area contributed by atoms with E-state index in [4.69, 9.17) is 0 Å². The van der Waals surface area contributed by atoms with Crippen molar-refractivity contribution < 1.29 is 0 Å². The second-order valence-corrected chi connectivity index (χ2v) is 5.59. The summed E-state index contributed by atoms with van der Waals surface area (Å²) in [5, 5.41) is 5.22. The maximum atomic E-state index is 4.33. The second kappa shape index (κ2) is 6.35. The van der Waals surface area contributed by atoms with Gasteiger partial charge in [0.25, 0.3) is 0 Å². The fourth-order valence-electron chi connectivity index (χ4n) is 3.32. The van der Waals surface area contributed by atoms with Crippen LogP contribution in [0.25, 0.3) is 21.5 Å². The summed E-state index contributed by atoms with van der Waals surface area (Å²) in [5.74, 6) is 0. The minimum absolute atomic E-state index is 0. The van der Waals surface area contributed by atoms with E-state index in [0.29, 0.717) is 0 Å². The summed E-state index contributed by atoms with van der Waals surface area (Å²) in [6.45, 7) is 2.35. The zero-order chi connectivity index (χ0) is 13.4. The molecule has 1 aliphatic heterocycles. The topological polar surface area (TPSA) is 16.1 Å². The van der Waals surface area contributed by atoms with Crippen LogP contribution < -0.4 is 4.90 Å². The Balaban J connectivity index is 0.00000132. The van der Waals surface area contributed by atoms with Gasteiger partial charge in [-0.05, 0) is 42.2 Å². The SMILES string of the molecule is [NaH].c1ccc2c(c1)cc(N1CCCCC1)c1ccncc12. The van der Waals surface area contributed by atoms with E-state index in [1.807, 2.05) is 12.4 Å². The Morgan fingerprint density at radius 3 is 2.52 bits per heavy atom. The Morgan fingerprint density at radius 1 is 0.857 bits per heavy atom. The molecule has 0 N–H and O–H groups in total. The average Bonchev–Trinajstić information content (AvgIpc) is 2.55. The molecule has 3 heteroatoms. The first kappa shape index (κ1) is 14.8. The first-order valence-corrected chi connectivity index (χ1v) is 7.44. The molecule has 1 aliphatic rings. The maximum Gasteiger partial charge on any atom is 0.0453 e. The van der Waals surface area contributed by atoms with Crippen molar-refractivity contribution in [1.82, 2.24) is 4.98 Å². The number of aromatic nitrogens is 1. The standard InChI is InChI=1S/C18H18N2.Na.H/c1-4-10-20(11-5-1)18-12-14-6-2-3-7-15(14)17-13-19-9-8-16(17)18;;/h2-3,6-9,12-13H,1,4-5,10-11H2;;. The van der Waals surface area contributed by atoms with Crippen LogP contribution in [0, 0.1) is 0 Å². The maximum absolute atomic E-state index is 4.33. The molecular formula is C18H19N2Na. The Hall–Kier alpha value is -1.09. The third kappa shape index (κ3) is 2.68. The quantitative estimate of drug-likeness (QED) is 0.500. The van der Waals surface area contributed by atoms with Crippen LogP contribution in [0.3, 0.4) is 0 Å². The summed E-state index contributed by atoms with van der Waals surface area (Å²) >= 11 is 0. The first-order chi connectivity index (χ1) is 9.93. The molecule has 2 heterocycles. The van der Waals surface area contributed by atoms with Gasteiger partial charge in [-0.15, -0.1) is 0 Å². The molecule has 4 rings (SSSR count). The number of pyridine rings is 1. The van der Waals surface area contributed by atoms with Gasteiger partial charge < -0.3 is 4.90 Å². The van der Waals surface area contributed by atoms with Gasteiger partial charge in [-0.2, -0.15) is 0 Å². The van der Waals surface area contributed by atoms with Crippen molar-refractivity contribution >= 4 is 56.8 Å². The van der Waals surface area contributed by atoms with Crippen LogP contribution in [0.5, 0.6) is 0 Å². The van der Waals surface area contributed by atoms with Crippen molar-refractivity contribution in [2.24, 2.45) is 0 Å². The Bertz CT molecular complexity index is 763. The van der Waals surface area contributed by atoms with Crippen molar-refractivity contribution in [2.75, 3.05) is 18.0 Å². The average molecular weight is 286 g/mol. The number of nitrogens with zero attached hydrogens (tertiary/aromatic N) is 2. The van der Waals surface area contributed by atoms with Gasteiger partial charge in [0.05, 0.1) is 0 Å². The molecule has 0 amide bonds. The summed E-state index contributed by atoms with van der Waals surface area (Å²) < 4.78 is 0. The first-order valence-electron chi connectivity index (χ1n) is 7.44. The van der Waals surface area contributed by atoms with Crippen LogP contribution in [0.2, 0.25) is 0 Å². The van der Waals surface area contributed by atoms with Gasteiger partial charge in [0.2, 0.25) is 0 Å². The molecule has 0 atom stereocenters. The van der Waals surface area contributed by atoms with E-state index in [9.17, 15) is 0 Å². The van der Waals surface area contributed by atoms with E-state index in [-0.39, 0.29) is 29.6 Å². The molecule has 0 radical (unpaired) electrons. The molecule has 102 valence electrons. The fraction of sp³-hybridized carbons (Fsp3) is 0.278. The number of fused-ring (bicyclic) bond motifs is 3. The third-order valence-electron chi connectivity index (χ3n) is 4.34. The molecule has 2 nitrogen and oxygen atoms in total. The van der Waals surface area contributed by atoms with Crippen molar-refractivity contribution in [3.8, 4) is 0 Å². The molecule has 1 saturated heterocycles. The van der Waals surface area contributed by atoms with E-state index in [1.54, 1.807) is 0 Å². The summed E-state index contributed by atoms with van der Waals surface area (Å²) in [5.41, 5.74) is 1.38. The van der Waals surface area contributed by atoms with Gasteiger partial charge in [-0.3, -0.25) is 4.98 Å². The molecule has 1 fully saturated rings. The van der Waals surface area contributed by atoms with Gasteiger partial charge >= 0.3 is 29.6 Å². The Labute approximate surface area is 147 Å². The molecule has 1 aromatic heterocycles. The Kier molecular flexibility index (Phi) is 4.48. The smallest absolute Gasteiger partial charge is 0.0453 e. The van der Waals surface area contributed by atoms with Crippen LogP contribution in [0.1, 0.15) is 19.3 Å². The van der Waals surface area contributed by atoms with Crippen molar-refractivity contribution in [3.05, 3.63) is 48.8 Å². The molecule has 0 spiro atoms. The molecule has 0 saturated carbocycles. The number of piperidine rings is 1.